The molecule has 0 radical (unpaired) electrons. The molecule has 4 N–H and O–H groups in total. The molecule has 0 amide bonds. The molecule has 4 heteroatoms. The lowest BCUT2D eigenvalue weighted by molar-refractivity contribution is -0.306. The van der Waals surface area contributed by atoms with Gasteiger partial charge in [-0.25, -0.2) is 4.89 Å². The van der Waals surface area contributed by atoms with E-state index < -0.39 is 5.60 Å². The number of hydrogen-bond donors (Lipinski definition) is 2. The lowest BCUT2D eigenvalue weighted by Gasteiger charge is -2.31. The molecule has 0 heterocycles. The average Bonchev–Trinajstić information content (AvgIpc) is 1.83. The van der Waals surface area contributed by atoms with Gasteiger partial charge in [-0.3, -0.25) is 10.1 Å². The molecule has 0 atom stereocenters. The minimum atomic E-state index is -0.403. The van der Waals surface area contributed by atoms with Crippen molar-refractivity contribution in [1.82, 2.24) is 6.15 Å². The zero-order valence-electron chi connectivity index (χ0n) is 9.89. The monoisotopic (exact) mass is 205 g/mol. The van der Waals surface area contributed by atoms with Gasteiger partial charge in [0.25, 0.3) is 0 Å². The lowest BCUT2D eigenvalue weighted by atomic mass is 9.71. The van der Waals surface area contributed by atoms with Gasteiger partial charge in [-0.1, -0.05) is 13.8 Å². The summed E-state index contributed by atoms with van der Waals surface area (Å²) in [7, 11) is 0. The van der Waals surface area contributed by atoms with E-state index in [1.54, 1.807) is 20.8 Å². The van der Waals surface area contributed by atoms with Crippen LogP contribution in [0.4, 0.5) is 0 Å². The number of carbonyl (C=O) groups is 1. The van der Waals surface area contributed by atoms with Crippen LogP contribution < -0.4 is 6.15 Å². The lowest BCUT2D eigenvalue weighted by Crippen LogP contribution is -2.31. The van der Waals surface area contributed by atoms with Crippen molar-refractivity contribution in [3.8, 4) is 0 Å². The highest BCUT2D eigenvalue weighted by atomic mass is 17.1. The molecule has 0 unspecified atom stereocenters. The second kappa shape index (κ2) is 5.44. The first-order chi connectivity index (χ1) is 5.66. The molecule has 1 fully saturated rings. The fourth-order valence-corrected chi connectivity index (χ4v) is 1.02. The highest BCUT2D eigenvalue weighted by molar-refractivity contribution is 5.85. The van der Waals surface area contributed by atoms with Gasteiger partial charge in [-0.15, -0.1) is 0 Å². The Kier molecular flexibility index (Phi) is 6.21. The fourth-order valence-electron chi connectivity index (χ4n) is 1.02. The van der Waals surface area contributed by atoms with E-state index in [1.165, 1.54) is 0 Å². The van der Waals surface area contributed by atoms with Crippen molar-refractivity contribution >= 4 is 5.78 Å². The van der Waals surface area contributed by atoms with E-state index in [0.29, 0.717) is 11.2 Å². The van der Waals surface area contributed by atoms with Gasteiger partial charge < -0.3 is 6.15 Å². The van der Waals surface area contributed by atoms with Crippen molar-refractivity contribution in [1.29, 1.82) is 0 Å². The highest BCUT2D eigenvalue weighted by Gasteiger charge is 2.33. The Morgan fingerprint density at radius 1 is 1.29 bits per heavy atom. The normalized spacial score (nSPS) is 18.6. The minimum Gasteiger partial charge on any atom is -0.344 e. The molecule has 1 saturated carbocycles. The summed E-state index contributed by atoms with van der Waals surface area (Å²) in [6.07, 6.45) is 1.60. The predicted octanol–water partition coefficient (Wildman–Crippen LogP) is 2.81. The first-order valence-corrected chi connectivity index (χ1v) is 4.51. The number of carbonyl (C=O) groups excluding carboxylic acids is 1. The van der Waals surface area contributed by atoms with Crippen LogP contribution in [0.1, 0.15) is 47.5 Å². The van der Waals surface area contributed by atoms with E-state index in [9.17, 15) is 4.79 Å². The smallest absolute Gasteiger partial charge is 0.134 e. The van der Waals surface area contributed by atoms with Gasteiger partial charge in [-0.2, -0.15) is 0 Å². The van der Waals surface area contributed by atoms with Gasteiger partial charge in [0.1, 0.15) is 5.78 Å². The van der Waals surface area contributed by atoms with Crippen LogP contribution in [0.15, 0.2) is 0 Å². The van der Waals surface area contributed by atoms with Crippen LogP contribution in [0.3, 0.4) is 0 Å². The summed E-state index contributed by atoms with van der Waals surface area (Å²) in [4.78, 5) is 14.3. The maximum absolute atomic E-state index is 10.3. The van der Waals surface area contributed by atoms with Crippen molar-refractivity contribution in [2.24, 2.45) is 5.41 Å². The number of Topliss-reactive ketones (excluding diaryl/α,β-unsaturated/α-hetero) is 1. The van der Waals surface area contributed by atoms with Gasteiger partial charge >= 0.3 is 0 Å². The second-order valence-electron chi connectivity index (χ2n) is 5.26. The number of hydrogen-bond acceptors (Lipinski definition) is 4. The molecule has 0 bridgehead atoms. The van der Waals surface area contributed by atoms with Crippen LogP contribution >= 0.6 is 0 Å². The van der Waals surface area contributed by atoms with Crippen LogP contribution in [0, 0.1) is 5.41 Å². The van der Waals surface area contributed by atoms with Crippen LogP contribution in [0.2, 0.25) is 0 Å². The summed E-state index contributed by atoms with van der Waals surface area (Å²) in [5.41, 5.74) is -0.0584. The predicted molar refractivity (Wildman–Crippen MR) is 56.5 cm³/mol. The van der Waals surface area contributed by atoms with Crippen molar-refractivity contribution in [3.05, 3.63) is 0 Å². The Hall–Kier alpha value is -0.450. The molecule has 4 nitrogen and oxygen atoms in total. The summed E-state index contributed by atoms with van der Waals surface area (Å²) in [6, 6.07) is 0. The number of rotatable bonds is 0. The van der Waals surface area contributed by atoms with E-state index in [2.05, 4.69) is 18.7 Å². The zero-order chi connectivity index (χ0) is 10.7. The first kappa shape index (κ1) is 16.0. The third-order valence-electron chi connectivity index (χ3n) is 1.63. The quantitative estimate of drug-likeness (QED) is 0.470. The largest absolute Gasteiger partial charge is 0.344 e. The van der Waals surface area contributed by atoms with Gasteiger partial charge in [0.05, 0.1) is 5.60 Å². The van der Waals surface area contributed by atoms with Crippen molar-refractivity contribution in [2.75, 3.05) is 0 Å². The van der Waals surface area contributed by atoms with Crippen LogP contribution in [0.25, 0.3) is 0 Å². The molecule has 86 valence electrons. The van der Waals surface area contributed by atoms with E-state index in [4.69, 9.17) is 5.26 Å². The molecule has 1 rings (SSSR count). The summed E-state index contributed by atoms with van der Waals surface area (Å²) in [5, 5.41) is 7.90. The van der Waals surface area contributed by atoms with E-state index >= 15 is 0 Å². The second-order valence-corrected chi connectivity index (χ2v) is 5.26. The maximum Gasteiger partial charge on any atom is 0.134 e. The zero-order valence-corrected chi connectivity index (χ0v) is 9.89. The SMILES string of the molecule is CC(C)(C)OO.CC1(C)CC(=O)C1.N. The van der Waals surface area contributed by atoms with Crippen LogP contribution in [0.5, 0.6) is 0 Å². The van der Waals surface area contributed by atoms with Gasteiger partial charge in [0.2, 0.25) is 0 Å². The summed E-state index contributed by atoms with van der Waals surface area (Å²) in [6.45, 7) is 9.55. The molecule has 0 aromatic heterocycles. The molecule has 0 aromatic carbocycles. The minimum absolute atomic E-state index is 0. The Morgan fingerprint density at radius 3 is 1.57 bits per heavy atom. The van der Waals surface area contributed by atoms with Crippen LogP contribution in [-0.4, -0.2) is 16.6 Å². The molecule has 0 saturated heterocycles. The Morgan fingerprint density at radius 2 is 1.57 bits per heavy atom. The van der Waals surface area contributed by atoms with Gasteiger partial charge in [0.15, 0.2) is 0 Å². The fraction of sp³-hybridized carbons (Fsp3) is 0.900. The summed E-state index contributed by atoms with van der Waals surface area (Å²) < 4.78 is 0. The van der Waals surface area contributed by atoms with Crippen molar-refractivity contribution in [2.45, 2.75) is 53.1 Å². The third kappa shape index (κ3) is 8.16. The molecule has 0 aromatic rings. The molecular weight excluding hydrogens is 182 g/mol. The van der Waals surface area contributed by atoms with Gasteiger partial charge in [-0.05, 0) is 26.2 Å². The van der Waals surface area contributed by atoms with Gasteiger partial charge in [0, 0.05) is 12.8 Å². The first-order valence-electron chi connectivity index (χ1n) is 4.51. The Bertz CT molecular complexity index is 172. The van der Waals surface area contributed by atoms with E-state index in [1.807, 2.05) is 0 Å². The molecule has 0 spiro atoms. The third-order valence-corrected chi connectivity index (χ3v) is 1.63. The average molecular weight is 205 g/mol. The molecule has 0 aliphatic heterocycles. The number of ketones is 1. The van der Waals surface area contributed by atoms with Crippen molar-refractivity contribution in [3.63, 3.8) is 0 Å². The summed E-state index contributed by atoms with van der Waals surface area (Å²) >= 11 is 0. The van der Waals surface area contributed by atoms with E-state index in [0.717, 1.165) is 12.8 Å². The summed E-state index contributed by atoms with van der Waals surface area (Å²) in [5.74, 6) is 0.421. The molecule has 14 heavy (non-hydrogen) atoms. The van der Waals surface area contributed by atoms with Crippen molar-refractivity contribution < 1.29 is 14.9 Å². The van der Waals surface area contributed by atoms with Crippen LogP contribution in [-0.2, 0) is 9.68 Å². The highest BCUT2D eigenvalue weighted by Crippen LogP contribution is 2.35. The Balaban J connectivity index is 0. The molecular formula is C10H23NO3. The topological polar surface area (TPSA) is 81.5 Å². The standard InChI is InChI=1S/C6H10O.C4H10O2.H3N/c1-6(2)3-5(7)4-6;1-4(2,3)6-5;/h3-4H2,1-2H3;5H,1-3H3;1H3. The maximum atomic E-state index is 10.3. The van der Waals surface area contributed by atoms with E-state index in [-0.39, 0.29) is 6.15 Å². The molecule has 1 aliphatic carbocycles. The molecule has 1 aliphatic rings. The Labute approximate surface area is 86.2 Å².